The standard InChI is InChI=1S/C12H24N2O/c1-9(2)8-14(4)12(15)11-6-5-7-13-10(11)3/h9-11,13H,5-8H2,1-4H3. The zero-order valence-corrected chi connectivity index (χ0v) is 10.4. The Labute approximate surface area is 93.2 Å². The third-order valence-electron chi connectivity index (χ3n) is 3.09. The van der Waals surface area contributed by atoms with Crippen LogP contribution >= 0.6 is 0 Å². The van der Waals surface area contributed by atoms with Gasteiger partial charge in [0, 0.05) is 19.6 Å². The summed E-state index contributed by atoms with van der Waals surface area (Å²) in [6.07, 6.45) is 2.16. The lowest BCUT2D eigenvalue weighted by Crippen LogP contribution is -2.47. The highest BCUT2D eigenvalue weighted by Gasteiger charge is 2.29. The van der Waals surface area contributed by atoms with Crippen LogP contribution in [0.1, 0.15) is 33.6 Å². The second-order valence-electron chi connectivity index (χ2n) is 5.10. The molecule has 1 N–H and O–H groups in total. The monoisotopic (exact) mass is 212 g/mol. The van der Waals surface area contributed by atoms with Gasteiger partial charge in [-0.3, -0.25) is 4.79 Å². The number of piperidine rings is 1. The minimum absolute atomic E-state index is 0.183. The first-order valence-electron chi connectivity index (χ1n) is 6.00. The van der Waals surface area contributed by atoms with Gasteiger partial charge in [-0.2, -0.15) is 0 Å². The van der Waals surface area contributed by atoms with Crippen molar-refractivity contribution in [2.45, 2.75) is 39.7 Å². The smallest absolute Gasteiger partial charge is 0.226 e. The number of rotatable bonds is 3. The molecule has 0 aromatic heterocycles. The first kappa shape index (κ1) is 12.5. The fraction of sp³-hybridized carbons (Fsp3) is 0.917. The average Bonchev–Trinajstić information content (AvgIpc) is 2.16. The molecule has 1 aliphatic heterocycles. The summed E-state index contributed by atoms with van der Waals surface area (Å²) in [5.74, 6) is 1.04. The van der Waals surface area contributed by atoms with Gasteiger partial charge >= 0.3 is 0 Å². The lowest BCUT2D eigenvalue weighted by atomic mass is 9.90. The van der Waals surface area contributed by atoms with Crippen molar-refractivity contribution < 1.29 is 4.79 Å². The van der Waals surface area contributed by atoms with Crippen LogP contribution in [0.25, 0.3) is 0 Å². The molecule has 0 aromatic carbocycles. The largest absolute Gasteiger partial charge is 0.345 e. The number of carbonyl (C=O) groups excluding carboxylic acids is 1. The molecule has 1 aliphatic rings. The van der Waals surface area contributed by atoms with E-state index in [2.05, 4.69) is 26.1 Å². The molecule has 0 saturated carbocycles. The predicted molar refractivity (Wildman–Crippen MR) is 62.7 cm³/mol. The van der Waals surface area contributed by atoms with Crippen molar-refractivity contribution in [3.05, 3.63) is 0 Å². The normalized spacial score (nSPS) is 26.7. The van der Waals surface area contributed by atoms with Gasteiger partial charge in [0.25, 0.3) is 0 Å². The SMILES string of the molecule is CC(C)CN(C)C(=O)C1CCCNC1C. The number of amides is 1. The molecular formula is C12H24N2O. The summed E-state index contributed by atoms with van der Waals surface area (Å²) < 4.78 is 0. The van der Waals surface area contributed by atoms with Crippen molar-refractivity contribution in [1.82, 2.24) is 10.2 Å². The third kappa shape index (κ3) is 3.49. The van der Waals surface area contributed by atoms with E-state index in [9.17, 15) is 4.79 Å². The zero-order chi connectivity index (χ0) is 11.4. The molecule has 2 atom stereocenters. The summed E-state index contributed by atoms with van der Waals surface area (Å²) in [6, 6.07) is 0.334. The lowest BCUT2D eigenvalue weighted by Gasteiger charge is -2.32. The highest BCUT2D eigenvalue weighted by atomic mass is 16.2. The molecule has 2 unspecified atom stereocenters. The number of hydrogen-bond acceptors (Lipinski definition) is 2. The topological polar surface area (TPSA) is 32.3 Å². The lowest BCUT2D eigenvalue weighted by molar-refractivity contribution is -0.136. The molecule has 1 heterocycles. The van der Waals surface area contributed by atoms with Crippen molar-refractivity contribution in [2.24, 2.45) is 11.8 Å². The summed E-state index contributed by atoms with van der Waals surface area (Å²) in [5, 5.41) is 3.37. The second kappa shape index (κ2) is 5.50. The number of carbonyl (C=O) groups is 1. The van der Waals surface area contributed by atoms with Gasteiger partial charge in [0.05, 0.1) is 5.92 Å². The van der Waals surface area contributed by atoms with Gasteiger partial charge in [0.2, 0.25) is 5.91 Å². The van der Waals surface area contributed by atoms with Gasteiger partial charge in [-0.05, 0) is 32.2 Å². The van der Waals surface area contributed by atoms with Crippen LogP contribution in [0.4, 0.5) is 0 Å². The van der Waals surface area contributed by atoms with Crippen LogP contribution in [0, 0.1) is 11.8 Å². The molecule has 0 bridgehead atoms. The van der Waals surface area contributed by atoms with E-state index in [1.54, 1.807) is 0 Å². The van der Waals surface area contributed by atoms with Crippen LogP contribution in [-0.4, -0.2) is 37.0 Å². The maximum Gasteiger partial charge on any atom is 0.226 e. The molecule has 1 fully saturated rings. The van der Waals surface area contributed by atoms with E-state index in [4.69, 9.17) is 0 Å². The van der Waals surface area contributed by atoms with Crippen molar-refractivity contribution >= 4 is 5.91 Å². The molecule has 0 aromatic rings. The van der Waals surface area contributed by atoms with Gasteiger partial charge in [-0.15, -0.1) is 0 Å². The highest BCUT2D eigenvalue weighted by molar-refractivity contribution is 5.79. The summed E-state index contributed by atoms with van der Waals surface area (Å²) >= 11 is 0. The van der Waals surface area contributed by atoms with E-state index < -0.39 is 0 Å². The van der Waals surface area contributed by atoms with Gasteiger partial charge in [-0.25, -0.2) is 0 Å². The fourth-order valence-electron chi connectivity index (χ4n) is 2.30. The fourth-order valence-corrected chi connectivity index (χ4v) is 2.30. The first-order chi connectivity index (χ1) is 7.02. The zero-order valence-electron chi connectivity index (χ0n) is 10.4. The molecule has 3 nitrogen and oxygen atoms in total. The molecule has 0 radical (unpaired) electrons. The highest BCUT2D eigenvalue weighted by Crippen LogP contribution is 2.18. The van der Waals surface area contributed by atoms with Crippen molar-refractivity contribution in [1.29, 1.82) is 0 Å². The number of nitrogens with zero attached hydrogens (tertiary/aromatic N) is 1. The Morgan fingerprint density at radius 1 is 1.53 bits per heavy atom. The van der Waals surface area contributed by atoms with Gasteiger partial charge < -0.3 is 10.2 Å². The molecule has 1 rings (SSSR count). The molecule has 1 amide bonds. The molecule has 1 saturated heterocycles. The van der Waals surface area contributed by atoms with E-state index in [1.807, 2.05) is 11.9 Å². The number of nitrogens with one attached hydrogen (secondary N) is 1. The molecule has 3 heteroatoms. The molecule has 0 spiro atoms. The van der Waals surface area contributed by atoms with Gasteiger partial charge in [0.1, 0.15) is 0 Å². The Bertz CT molecular complexity index is 216. The van der Waals surface area contributed by atoms with Crippen molar-refractivity contribution in [3.63, 3.8) is 0 Å². The van der Waals surface area contributed by atoms with Crippen LogP contribution in [0.5, 0.6) is 0 Å². The van der Waals surface area contributed by atoms with Crippen LogP contribution < -0.4 is 5.32 Å². The maximum atomic E-state index is 12.1. The Kier molecular flexibility index (Phi) is 4.58. The number of hydrogen-bond donors (Lipinski definition) is 1. The molecular weight excluding hydrogens is 188 g/mol. The molecule has 0 aliphatic carbocycles. The van der Waals surface area contributed by atoms with Gasteiger partial charge in [-0.1, -0.05) is 13.8 Å². The molecule has 88 valence electrons. The molecule has 15 heavy (non-hydrogen) atoms. The van der Waals surface area contributed by atoms with E-state index in [1.165, 1.54) is 0 Å². The quantitative estimate of drug-likeness (QED) is 0.768. The van der Waals surface area contributed by atoms with E-state index in [0.717, 1.165) is 25.9 Å². The Hall–Kier alpha value is -0.570. The summed E-state index contributed by atoms with van der Waals surface area (Å²) in [6.45, 7) is 8.32. The average molecular weight is 212 g/mol. The minimum Gasteiger partial charge on any atom is -0.345 e. The summed E-state index contributed by atoms with van der Waals surface area (Å²) in [7, 11) is 1.92. The third-order valence-corrected chi connectivity index (χ3v) is 3.09. The van der Waals surface area contributed by atoms with Crippen LogP contribution in [0.15, 0.2) is 0 Å². The Balaban J connectivity index is 2.50. The van der Waals surface area contributed by atoms with Gasteiger partial charge in [0.15, 0.2) is 0 Å². The minimum atomic E-state index is 0.183. The second-order valence-corrected chi connectivity index (χ2v) is 5.10. The van der Waals surface area contributed by atoms with Crippen LogP contribution in [-0.2, 0) is 4.79 Å². The van der Waals surface area contributed by atoms with E-state index in [0.29, 0.717) is 17.9 Å². The van der Waals surface area contributed by atoms with Crippen molar-refractivity contribution in [2.75, 3.05) is 20.1 Å². The Morgan fingerprint density at radius 3 is 2.73 bits per heavy atom. The predicted octanol–water partition coefficient (Wildman–Crippen LogP) is 1.49. The van der Waals surface area contributed by atoms with Crippen LogP contribution in [0.2, 0.25) is 0 Å². The summed E-state index contributed by atoms with van der Waals surface area (Å²) in [4.78, 5) is 14.0. The van der Waals surface area contributed by atoms with Crippen LogP contribution in [0.3, 0.4) is 0 Å². The first-order valence-corrected chi connectivity index (χ1v) is 6.00. The maximum absolute atomic E-state index is 12.1. The summed E-state index contributed by atoms with van der Waals surface area (Å²) in [5.41, 5.74) is 0. The van der Waals surface area contributed by atoms with Crippen molar-refractivity contribution in [3.8, 4) is 0 Å². The Morgan fingerprint density at radius 2 is 2.20 bits per heavy atom. The van der Waals surface area contributed by atoms with E-state index >= 15 is 0 Å². The van der Waals surface area contributed by atoms with E-state index in [-0.39, 0.29) is 5.92 Å².